The average molecular weight is 304 g/mol. The Bertz CT molecular complexity index is 310. The van der Waals surface area contributed by atoms with Gasteiger partial charge in [-0.2, -0.15) is 0 Å². The molecule has 0 heterocycles. The summed E-state index contributed by atoms with van der Waals surface area (Å²) in [6.45, 7) is 7.61. The predicted molar refractivity (Wildman–Crippen MR) is 71.7 cm³/mol. The highest BCUT2D eigenvalue weighted by Gasteiger charge is 2.11. The van der Waals surface area contributed by atoms with Crippen molar-refractivity contribution in [3.8, 4) is 0 Å². The van der Waals surface area contributed by atoms with E-state index in [1.165, 1.54) is 9.26 Å². The van der Waals surface area contributed by atoms with E-state index in [-0.39, 0.29) is 0 Å². The van der Waals surface area contributed by atoms with E-state index >= 15 is 0 Å². The second-order valence-electron chi connectivity index (χ2n) is 3.59. The number of nitrogens with zero attached hydrogens (tertiary/aromatic N) is 1. The van der Waals surface area contributed by atoms with Crippen molar-refractivity contribution in [1.29, 1.82) is 0 Å². The lowest BCUT2D eigenvalue weighted by atomic mass is 10.2. The highest BCUT2D eigenvalue weighted by Crippen LogP contribution is 2.25. The van der Waals surface area contributed by atoms with Gasteiger partial charge in [-0.1, -0.05) is 0 Å². The highest BCUT2D eigenvalue weighted by atomic mass is 127. The van der Waals surface area contributed by atoms with E-state index in [0.717, 1.165) is 12.2 Å². The minimum atomic E-state index is 0.525. The van der Waals surface area contributed by atoms with Crippen LogP contribution in [0.2, 0.25) is 0 Å². The molecule has 0 radical (unpaired) electrons. The number of halogens is 1. The van der Waals surface area contributed by atoms with Crippen LogP contribution in [0.5, 0.6) is 0 Å². The maximum Gasteiger partial charge on any atom is 0.0505 e. The molecule has 1 rings (SSSR count). The van der Waals surface area contributed by atoms with Crippen LogP contribution in [0.3, 0.4) is 0 Å². The summed E-state index contributed by atoms with van der Waals surface area (Å²) in [5.74, 6) is 0. The van der Waals surface area contributed by atoms with Gasteiger partial charge in [-0.25, -0.2) is 0 Å². The molecular weight excluding hydrogens is 287 g/mol. The molecule has 78 valence electrons. The van der Waals surface area contributed by atoms with Crippen LogP contribution in [-0.2, 0) is 0 Å². The van der Waals surface area contributed by atoms with Crippen molar-refractivity contribution in [3.63, 3.8) is 0 Å². The molecule has 1 aromatic rings. The van der Waals surface area contributed by atoms with Crippen molar-refractivity contribution >= 4 is 34.0 Å². The van der Waals surface area contributed by atoms with E-state index in [1.54, 1.807) is 0 Å². The summed E-state index contributed by atoms with van der Waals surface area (Å²) in [6, 6.07) is 6.60. The van der Waals surface area contributed by atoms with Gasteiger partial charge >= 0.3 is 0 Å². The molecule has 0 bridgehead atoms. The molecule has 0 atom stereocenters. The summed E-state index contributed by atoms with van der Waals surface area (Å²) in [5.41, 5.74) is 7.83. The number of hydrogen-bond acceptors (Lipinski definition) is 2. The van der Waals surface area contributed by atoms with Crippen LogP contribution in [0, 0.1) is 3.57 Å². The molecule has 0 saturated heterocycles. The molecule has 14 heavy (non-hydrogen) atoms. The third kappa shape index (κ3) is 2.53. The number of nitrogens with two attached hydrogens (primary N) is 1. The van der Waals surface area contributed by atoms with E-state index in [1.807, 2.05) is 12.1 Å². The Balaban J connectivity index is 3.04. The minimum Gasteiger partial charge on any atom is -0.399 e. The van der Waals surface area contributed by atoms with E-state index in [2.05, 4.69) is 54.3 Å². The molecule has 2 nitrogen and oxygen atoms in total. The summed E-state index contributed by atoms with van der Waals surface area (Å²) in [6.07, 6.45) is 0. The maximum atomic E-state index is 5.72. The zero-order valence-electron chi connectivity index (χ0n) is 8.92. The fraction of sp³-hybridized carbons (Fsp3) is 0.455. The van der Waals surface area contributed by atoms with Crippen molar-refractivity contribution in [3.05, 3.63) is 21.8 Å². The third-order valence-corrected chi connectivity index (χ3v) is 3.11. The molecule has 0 fully saturated rings. The minimum absolute atomic E-state index is 0.525. The first-order chi connectivity index (χ1) is 6.56. The summed E-state index contributed by atoms with van der Waals surface area (Å²) < 4.78 is 1.22. The van der Waals surface area contributed by atoms with Gasteiger partial charge in [0.15, 0.2) is 0 Å². The molecule has 0 aliphatic carbocycles. The fourth-order valence-electron chi connectivity index (χ4n) is 1.57. The Labute approximate surface area is 99.6 Å². The number of nitrogen functional groups attached to an aromatic ring is 1. The van der Waals surface area contributed by atoms with Gasteiger partial charge in [0, 0.05) is 21.8 Å². The van der Waals surface area contributed by atoms with Crippen molar-refractivity contribution < 1.29 is 0 Å². The molecule has 0 spiro atoms. The highest BCUT2D eigenvalue weighted by molar-refractivity contribution is 14.1. The van der Waals surface area contributed by atoms with Crippen LogP contribution in [-0.4, -0.2) is 12.6 Å². The van der Waals surface area contributed by atoms with Gasteiger partial charge in [-0.3, -0.25) is 0 Å². The number of rotatable bonds is 3. The van der Waals surface area contributed by atoms with E-state index in [4.69, 9.17) is 5.73 Å². The van der Waals surface area contributed by atoms with E-state index < -0.39 is 0 Å². The van der Waals surface area contributed by atoms with Crippen LogP contribution < -0.4 is 10.6 Å². The van der Waals surface area contributed by atoms with Gasteiger partial charge in [-0.05, 0) is 61.6 Å². The molecule has 0 saturated carbocycles. The Kier molecular flexibility index (Phi) is 4.04. The third-order valence-electron chi connectivity index (χ3n) is 2.25. The first-order valence-electron chi connectivity index (χ1n) is 4.88. The molecule has 0 amide bonds. The van der Waals surface area contributed by atoms with Gasteiger partial charge in [-0.15, -0.1) is 0 Å². The lowest BCUT2D eigenvalue weighted by Crippen LogP contribution is -2.30. The van der Waals surface area contributed by atoms with Crippen molar-refractivity contribution in [2.45, 2.75) is 26.8 Å². The Morgan fingerprint density at radius 2 is 2.07 bits per heavy atom. The molecule has 2 N–H and O–H groups in total. The standard InChI is InChI=1S/C11H17IN2/c1-4-14(8(2)3)11-6-5-9(13)7-10(11)12/h5-8H,4,13H2,1-3H3. The normalized spacial score (nSPS) is 10.6. The molecule has 0 aliphatic rings. The molecule has 1 aromatic carbocycles. The van der Waals surface area contributed by atoms with Crippen LogP contribution >= 0.6 is 22.6 Å². The predicted octanol–water partition coefficient (Wildman–Crippen LogP) is 3.11. The first kappa shape index (κ1) is 11.6. The van der Waals surface area contributed by atoms with Gasteiger partial charge in [0.2, 0.25) is 0 Å². The topological polar surface area (TPSA) is 29.3 Å². The van der Waals surface area contributed by atoms with Crippen LogP contribution in [0.4, 0.5) is 11.4 Å². The zero-order valence-corrected chi connectivity index (χ0v) is 11.1. The number of benzene rings is 1. The lowest BCUT2D eigenvalue weighted by Gasteiger charge is -2.28. The van der Waals surface area contributed by atoms with Gasteiger partial charge < -0.3 is 10.6 Å². The summed E-state index contributed by atoms with van der Waals surface area (Å²) in [7, 11) is 0. The summed E-state index contributed by atoms with van der Waals surface area (Å²) >= 11 is 2.34. The van der Waals surface area contributed by atoms with Crippen molar-refractivity contribution in [2.75, 3.05) is 17.2 Å². The fourth-order valence-corrected chi connectivity index (χ4v) is 2.42. The van der Waals surface area contributed by atoms with Gasteiger partial charge in [0.25, 0.3) is 0 Å². The molecule has 3 heteroatoms. The van der Waals surface area contributed by atoms with Gasteiger partial charge in [0.05, 0.1) is 5.69 Å². The quantitative estimate of drug-likeness (QED) is 0.687. The average Bonchev–Trinajstić information content (AvgIpc) is 2.09. The smallest absolute Gasteiger partial charge is 0.0505 e. The summed E-state index contributed by atoms with van der Waals surface area (Å²) in [5, 5.41) is 0. The van der Waals surface area contributed by atoms with Crippen LogP contribution in [0.25, 0.3) is 0 Å². The summed E-state index contributed by atoms with van der Waals surface area (Å²) in [4.78, 5) is 2.36. The van der Waals surface area contributed by atoms with E-state index in [0.29, 0.717) is 6.04 Å². The second kappa shape index (κ2) is 4.87. The maximum absolute atomic E-state index is 5.72. The lowest BCUT2D eigenvalue weighted by molar-refractivity contribution is 0.702. The molecule has 0 aromatic heterocycles. The number of anilines is 2. The van der Waals surface area contributed by atoms with Gasteiger partial charge in [0.1, 0.15) is 0 Å². The first-order valence-corrected chi connectivity index (χ1v) is 5.95. The Morgan fingerprint density at radius 1 is 1.43 bits per heavy atom. The largest absolute Gasteiger partial charge is 0.399 e. The Morgan fingerprint density at radius 3 is 2.50 bits per heavy atom. The Hall–Kier alpha value is -0.450. The van der Waals surface area contributed by atoms with Crippen molar-refractivity contribution in [2.24, 2.45) is 0 Å². The number of hydrogen-bond donors (Lipinski definition) is 1. The van der Waals surface area contributed by atoms with Crippen molar-refractivity contribution in [1.82, 2.24) is 0 Å². The van der Waals surface area contributed by atoms with Crippen LogP contribution in [0.15, 0.2) is 18.2 Å². The SMILES string of the molecule is CCN(c1ccc(N)cc1I)C(C)C. The molecule has 0 unspecified atom stereocenters. The second-order valence-corrected chi connectivity index (χ2v) is 4.75. The monoisotopic (exact) mass is 304 g/mol. The molecular formula is C11H17IN2. The van der Waals surface area contributed by atoms with Crippen LogP contribution in [0.1, 0.15) is 20.8 Å². The zero-order chi connectivity index (χ0) is 10.7. The van der Waals surface area contributed by atoms with E-state index in [9.17, 15) is 0 Å². The molecule has 0 aliphatic heterocycles.